The molecule has 3 unspecified atom stereocenters. The van der Waals surface area contributed by atoms with Crippen LogP contribution in [0.25, 0.3) is 0 Å². The quantitative estimate of drug-likeness (QED) is 0.861. The second-order valence-corrected chi connectivity index (χ2v) is 6.80. The summed E-state index contributed by atoms with van der Waals surface area (Å²) in [4.78, 5) is 2.61. The van der Waals surface area contributed by atoms with Crippen LogP contribution in [-0.2, 0) is 0 Å². The summed E-state index contributed by atoms with van der Waals surface area (Å²) in [5.74, 6) is 0.688. The van der Waals surface area contributed by atoms with Gasteiger partial charge in [-0.3, -0.25) is 0 Å². The minimum atomic E-state index is -0.181. The average Bonchev–Trinajstić information content (AvgIpc) is 2.94. The second kappa shape index (κ2) is 4.96. The Morgan fingerprint density at radius 1 is 1.33 bits per heavy atom. The number of benzene rings is 1. The van der Waals surface area contributed by atoms with E-state index in [4.69, 9.17) is 4.74 Å². The zero-order valence-electron chi connectivity index (χ0n) is 12.6. The Morgan fingerprint density at radius 3 is 3.10 bits per heavy atom. The number of hydrogen-bond acceptors (Lipinski definition) is 3. The molecule has 4 heteroatoms. The van der Waals surface area contributed by atoms with Crippen molar-refractivity contribution in [3.05, 3.63) is 29.6 Å². The highest BCUT2D eigenvalue weighted by Crippen LogP contribution is 2.46. The molecule has 1 spiro atoms. The first-order valence-electron chi connectivity index (χ1n) is 8.09. The van der Waals surface area contributed by atoms with E-state index in [-0.39, 0.29) is 17.5 Å². The van der Waals surface area contributed by atoms with Crippen molar-refractivity contribution in [3.63, 3.8) is 0 Å². The number of halogens is 1. The highest BCUT2D eigenvalue weighted by atomic mass is 19.1. The molecule has 2 fully saturated rings. The van der Waals surface area contributed by atoms with E-state index in [9.17, 15) is 4.39 Å². The molecular formula is C17H23FN2O. The predicted octanol–water partition coefficient (Wildman–Crippen LogP) is 2.87. The maximum absolute atomic E-state index is 13.5. The van der Waals surface area contributed by atoms with Crippen LogP contribution in [-0.4, -0.2) is 36.7 Å². The summed E-state index contributed by atoms with van der Waals surface area (Å²) < 4.78 is 19.9. The van der Waals surface area contributed by atoms with Gasteiger partial charge in [0.1, 0.15) is 17.2 Å². The lowest BCUT2D eigenvalue weighted by molar-refractivity contribution is -0.0386. The van der Waals surface area contributed by atoms with Crippen molar-refractivity contribution in [2.75, 3.05) is 20.1 Å². The molecule has 3 heterocycles. The second-order valence-electron chi connectivity index (χ2n) is 6.80. The van der Waals surface area contributed by atoms with E-state index in [1.165, 1.54) is 25.5 Å². The normalized spacial score (nSPS) is 35.3. The van der Waals surface area contributed by atoms with E-state index in [0.717, 1.165) is 37.1 Å². The summed E-state index contributed by atoms with van der Waals surface area (Å²) >= 11 is 0. The fourth-order valence-electron chi connectivity index (χ4n) is 4.48. The van der Waals surface area contributed by atoms with Crippen LogP contribution in [0, 0.1) is 5.82 Å². The van der Waals surface area contributed by atoms with Gasteiger partial charge in [0.2, 0.25) is 0 Å². The van der Waals surface area contributed by atoms with Crippen LogP contribution < -0.4 is 10.1 Å². The van der Waals surface area contributed by atoms with Gasteiger partial charge in [0, 0.05) is 37.0 Å². The van der Waals surface area contributed by atoms with Crippen molar-refractivity contribution < 1.29 is 9.13 Å². The van der Waals surface area contributed by atoms with E-state index in [0.29, 0.717) is 6.04 Å². The van der Waals surface area contributed by atoms with Crippen molar-refractivity contribution in [3.8, 4) is 5.75 Å². The molecule has 4 rings (SSSR count). The molecule has 3 atom stereocenters. The van der Waals surface area contributed by atoms with Crippen LogP contribution in [0.1, 0.15) is 43.7 Å². The minimum Gasteiger partial charge on any atom is -0.487 e. The Morgan fingerprint density at radius 2 is 2.24 bits per heavy atom. The lowest BCUT2D eigenvalue weighted by Crippen LogP contribution is -2.53. The summed E-state index contributed by atoms with van der Waals surface area (Å²) in [5, 5.41) is 3.36. The highest BCUT2D eigenvalue weighted by Gasteiger charge is 2.47. The Hall–Kier alpha value is -1.13. The molecule has 1 N–H and O–H groups in total. The maximum Gasteiger partial charge on any atom is 0.125 e. The predicted molar refractivity (Wildman–Crippen MR) is 80.0 cm³/mol. The molecule has 0 radical (unpaired) electrons. The SMILES string of the molecule is CNC1CC2(CCN3CCCC3C2)Oc2ccc(F)cc21. The summed E-state index contributed by atoms with van der Waals surface area (Å²) in [5.41, 5.74) is 0.904. The van der Waals surface area contributed by atoms with Gasteiger partial charge < -0.3 is 15.0 Å². The van der Waals surface area contributed by atoms with Crippen LogP contribution in [0.2, 0.25) is 0 Å². The molecule has 0 aromatic heterocycles. The number of fused-ring (bicyclic) bond motifs is 2. The monoisotopic (exact) mass is 290 g/mol. The van der Waals surface area contributed by atoms with Crippen LogP contribution in [0.4, 0.5) is 4.39 Å². The van der Waals surface area contributed by atoms with Gasteiger partial charge in [0.15, 0.2) is 0 Å². The molecule has 1 aromatic rings. The fourth-order valence-corrected chi connectivity index (χ4v) is 4.48. The van der Waals surface area contributed by atoms with Gasteiger partial charge in [-0.25, -0.2) is 4.39 Å². The lowest BCUT2D eigenvalue weighted by atomic mass is 9.78. The molecular weight excluding hydrogens is 267 g/mol. The third kappa shape index (κ3) is 2.25. The largest absolute Gasteiger partial charge is 0.487 e. The topological polar surface area (TPSA) is 24.5 Å². The third-order valence-corrected chi connectivity index (χ3v) is 5.56. The molecule has 0 aliphatic carbocycles. The van der Waals surface area contributed by atoms with E-state index in [1.54, 1.807) is 12.1 Å². The van der Waals surface area contributed by atoms with Crippen LogP contribution in [0.5, 0.6) is 5.75 Å². The highest BCUT2D eigenvalue weighted by molar-refractivity contribution is 5.39. The lowest BCUT2D eigenvalue weighted by Gasteiger charge is -2.48. The zero-order chi connectivity index (χ0) is 14.4. The Labute approximate surface area is 125 Å². The molecule has 2 saturated heterocycles. The first kappa shape index (κ1) is 13.5. The molecule has 114 valence electrons. The van der Waals surface area contributed by atoms with Gasteiger partial charge in [-0.15, -0.1) is 0 Å². The summed E-state index contributed by atoms with van der Waals surface area (Å²) in [6.07, 6.45) is 5.76. The molecule has 3 nitrogen and oxygen atoms in total. The van der Waals surface area contributed by atoms with Gasteiger partial charge in [0.25, 0.3) is 0 Å². The van der Waals surface area contributed by atoms with Crippen LogP contribution in [0.15, 0.2) is 18.2 Å². The van der Waals surface area contributed by atoms with Crippen molar-refractivity contribution in [2.24, 2.45) is 0 Å². The fraction of sp³-hybridized carbons (Fsp3) is 0.647. The van der Waals surface area contributed by atoms with Gasteiger partial charge in [-0.1, -0.05) is 0 Å². The average molecular weight is 290 g/mol. The molecule has 3 aliphatic heterocycles. The Balaban J connectivity index is 1.65. The Kier molecular flexibility index (Phi) is 3.19. The number of nitrogens with zero attached hydrogens (tertiary/aromatic N) is 1. The van der Waals surface area contributed by atoms with Crippen LogP contribution in [0.3, 0.4) is 0 Å². The van der Waals surface area contributed by atoms with Crippen molar-refractivity contribution >= 4 is 0 Å². The number of rotatable bonds is 1. The molecule has 0 amide bonds. The molecule has 1 aromatic carbocycles. The van der Waals surface area contributed by atoms with Gasteiger partial charge in [-0.05, 0) is 51.1 Å². The number of hydrogen-bond donors (Lipinski definition) is 1. The first-order chi connectivity index (χ1) is 10.2. The van der Waals surface area contributed by atoms with E-state index in [1.807, 2.05) is 7.05 Å². The van der Waals surface area contributed by atoms with Crippen molar-refractivity contribution in [1.82, 2.24) is 10.2 Å². The summed E-state index contributed by atoms with van der Waals surface area (Å²) in [6, 6.07) is 5.80. The van der Waals surface area contributed by atoms with Gasteiger partial charge >= 0.3 is 0 Å². The van der Waals surface area contributed by atoms with Gasteiger partial charge in [0.05, 0.1) is 0 Å². The van der Waals surface area contributed by atoms with E-state index in [2.05, 4.69) is 10.2 Å². The van der Waals surface area contributed by atoms with Gasteiger partial charge in [-0.2, -0.15) is 0 Å². The zero-order valence-corrected chi connectivity index (χ0v) is 12.6. The smallest absolute Gasteiger partial charge is 0.125 e. The maximum atomic E-state index is 13.5. The minimum absolute atomic E-state index is 0.0655. The van der Waals surface area contributed by atoms with E-state index >= 15 is 0 Å². The number of nitrogens with one attached hydrogen (secondary N) is 1. The number of ether oxygens (including phenoxy) is 1. The van der Waals surface area contributed by atoms with Crippen molar-refractivity contribution in [2.45, 2.75) is 49.8 Å². The molecule has 0 bridgehead atoms. The van der Waals surface area contributed by atoms with Crippen LogP contribution >= 0.6 is 0 Å². The molecule has 0 saturated carbocycles. The summed E-state index contributed by atoms with van der Waals surface area (Å²) in [7, 11) is 1.96. The standard InChI is InChI=1S/C17H23FN2O/c1-19-15-11-17(6-8-20-7-2-3-13(20)10-17)21-16-5-4-12(18)9-14(15)16/h4-5,9,13,15,19H,2-3,6-8,10-11H2,1H3. The third-order valence-electron chi connectivity index (χ3n) is 5.56. The molecule has 21 heavy (non-hydrogen) atoms. The van der Waals surface area contributed by atoms with Crippen molar-refractivity contribution in [1.29, 1.82) is 0 Å². The number of piperidine rings is 1. The summed E-state index contributed by atoms with van der Waals surface area (Å²) in [6.45, 7) is 2.38. The Bertz CT molecular complexity index is 550. The molecule has 3 aliphatic rings. The first-order valence-corrected chi connectivity index (χ1v) is 8.09. The van der Waals surface area contributed by atoms with E-state index < -0.39 is 0 Å².